The Kier molecular flexibility index (Phi) is 5.22. The molecule has 0 unspecified atom stereocenters. The Balaban J connectivity index is 1.78. The van der Waals surface area contributed by atoms with Gasteiger partial charge in [0.1, 0.15) is 0 Å². The van der Waals surface area contributed by atoms with Crippen molar-refractivity contribution in [3.8, 4) is 0 Å². The van der Waals surface area contributed by atoms with Crippen LogP contribution in [0, 0.1) is 11.8 Å². The van der Waals surface area contributed by atoms with Gasteiger partial charge >= 0.3 is 0 Å². The summed E-state index contributed by atoms with van der Waals surface area (Å²) in [5, 5.41) is 9.44. The molecule has 1 saturated heterocycles. The summed E-state index contributed by atoms with van der Waals surface area (Å²) in [5.41, 5.74) is 0. The van der Waals surface area contributed by atoms with Crippen molar-refractivity contribution >= 4 is 10.2 Å². The number of rotatable bonds is 4. The second-order valence-electron chi connectivity index (χ2n) is 6.11. The van der Waals surface area contributed by atoms with Crippen LogP contribution >= 0.6 is 0 Å². The van der Waals surface area contributed by atoms with E-state index in [-0.39, 0.29) is 6.10 Å². The number of aliphatic hydroxyl groups is 1. The third-order valence-corrected chi connectivity index (χ3v) is 6.03. The first-order chi connectivity index (χ1) is 8.97. The molecule has 2 N–H and O–H groups in total. The van der Waals surface area contributed by atoms with E-state index in [2.05, 4.69) is 11.6 Å². The zero-order chi connectivity index (χ0) is 13.9. The summed E-state index contributed by atoms with van der Waals surface area (Å²) in [5.74, 6) is 1.01. The molecule has 1 saturated carbocycles. The van der Waals surface area contributed by atoms with Crippen molar-refractivity contribution in [3.05, 3.63) is 0 Å². The van der Waals surface area contributed by atoms with Gasteiger partial charge in [0.05, 0.1) is 6.10 Å². The highest BCUT2D eigenvalue weighted by atomic mass is 32.2. The second kappa shape index (κ2) is 6.52. The Morgan fingerprint density at radius 3 is 2.26 bits per heavy atom. The van der Waals surface area contributed by atoms with E-state index in [4.69, 9.17) is 0 Å². The van der Waals surface area contributed by atoms with Crippen LogP contribution in [0.15, 0.2) is 0 Å². The van der Waals surface area contributed by atoms with Crippen molar-refractivity contribution in [3.63, 3.8) is 0 Å². The maximum atomic E-state index is 12.2. The molecule has 0 radical (unpaired) electrons. The van der Waals surface area contributed by atoms with E-state index in [1.165, 1.54) is 0 Å². The van der Waals surface area contributed by atoms with Crippen molar-refractivity contribution in [1.29, 1.82) is 0 Å². The minimum atomic E-state index is -3.30. The monoisotopic (exact) mass is 290 g/mol. The van der Waals surface area contributed by atoms with Gasteiger partial charge in [-0.3, -0.25) is 0 Å². The van der Waals surface area contributed by atoms with Gasteiger partial charge in [-0.05, 0) is 50.4 Å². The van der Waals surface area contributed by atoms with Crippen molar-refractivity contribution in [2.75, 3.05) is 19.6 Å². The van der Waals surface area contributed by atoms with Crippen molar-refractivity contribution < 1.29 is 13.5 Å². The molecule has 1 heterocycles. The lowest BCUT2D eigenvalue weighted by Gasteiger charge is -2.31. The van der Waals surface area contributed by atoms with Gasteiger partial charge in [0.15, 0.2) is 0 Å². The number of nitrogens with one attached hydrogen (secondary N) is 1. The van der Waals surface area contributed by atoms with Gasteiger partial charge in [-0.25, -0.2) is 4.72 Å². The van der Waals surface area contributed by atoms with Crippen LogP contribution in [-0.2, 0) is 10.2 Å². The first-order valence-corrected chi connectivity index (χ1v) is 8.84. The van der Waals surface area contributed by atoms with Crippen LogP contribution in [-0.4, -0.2) is 43.6 Å². The molecule has 0 aromatic heterocycles. The smallest absolute Gasteiger partial charge is 0.279 e. The number of hydrogen-bond acceptors (Lipinski definition) is 3. The number of nitrogens with zero attached hydrogens (tertiary/aromatic N) is 1. The van der Waals surface area contributed by atoms with Crippen LogP contribution in [0.5, 0.6) is 0 Å². The number of hydrogen-bond donors (Lipinski definition) is 2. The molecule has 2 aliphatic rings. The van der Waals surface area contributed by atoms with Gasteiger partial charge in [0.2, 0.25) is 0 Å². The average Bonchev–Trinajstić information content (AvgIpc) is 2.39. The van der Waals surface area contributed by atoms with Crippen molar-refractivity contribution in [1.82, 2.24) is 9.03 Å². The molecule has 19 heavy (non-hydrogen) atoms. The molecule has 5 nitrogen and oxygen atoms in total. The van der Waals surface area contributed by atoms with E-state index in [1.807, 2.05) is 0 Å². The highest BCUT2D eigenvalue weighted by Crippen LogP contribution is 2.24. The molecule has 0 amide bonds. The summed E-state index contributed by atoms with van der Waals surface area (Å²) < 4.78 is 28.6. The highest BCUT2D eigenvalue weighted by molar-refractivity contribution is 7.87. The minimum absolute atomic E-state index is 0.184. The number of aliphatic hydroxyl groups excluding tert-OH is 1. The molecule has 1 aliphatic heterocycles. The van der Waals surface area contributed by atoms with E-state index in [9.17, 15) is 13.5 Å². The average molecular weight is 290 g/mol. The fourth-order valence-corrected chi connectivity index (χ4v) is 4.21. The summed E-state index contributed by atoms with van der Waals surface area (Å²) >= 11 is 0. The lowest BCUT2D eigenvalue weighted by atomic mass is 9.88. The molecule has 2 rings (SSSR count). The Labute approximate surface area is 116 Å². The normalized spacial score (nSPS) is 31.5. The second-order valence-corrected chi connectivity index (χ2v) is 7.86. The van der Waals surface area contributed by atoms with Crippen LogP contribution in [0.3, 0.4) is 0 Å². The highest BCUT2D eigenvalue weighted by Gasteiger charge is 2.27. The Hall–Kier alpha value is -0.170. The SMILES string of the molecule is CC1CCN(S(=O)(=O)NCC2CCC(O)CC2)CC1. The molecule has 1 aliphatic carbocycles. The molecule has 0 bridgehead atoms. The fraction of sp³-hybridized carbons (Fsp3) is 1.00. The van der Waals surface area contributed by atoms with Crippen LogP contribution < -0.4 is 4.72 Å². The minimum Gasteiger partial charge on any atom is -0.393 e. The topological polar surface area (TPSA) is 69.6 Å². The number of piperidine rings is 1. The van der Waals surface area contributed by atoms with Crippen LogP contribution in [0.1, 0.15) is 45.4 Å². The van der Waals surface area contributed by atoms with Crippen LogP contribution in [0.25, 0.3) is 0 Å². The first-order valence-electron chi connectivity index (χ1n) is 7.40. The quantitative estimate of drug-likeness (QED) is 0.814. The van der Waals surface area contributed by atoms with E-state index < -0.39 is 10.2 Å². The van der Waals surface area contributed by atoms with Gasteiger partial charge in [-0.1, -0.05) is 6.92 Å². The summed E-state index contributed by atoms with van der Waals surface area (Å²) in [6, 6.07) is 0. The van der Waals surface area contributed by atoms with Crippen molar-refractivity contribution in [2.24, 2.45) is 11.8 Å². The molecule has 112 valence electrons. The standard InChI is InChI=1S/C13H26N2O3S/c1-11-6-8-15(9-7-11)19(17,18)14-10-12-2-4-13(16)5-3-12/h11-14,16H,2-10H2,1H3. The van der Waals surface area contributed by atoms with Gasteiger partial charge in [0, 0.05) is 19.6 Å². The zero-order valence-corrected chi connectivity index (χ0v) is 12.5. The third kappa shape index (κ3) is 4.41. The molecular weight excluding hydrogens is 264 g/mol. The summed E-state index contributed by atoms with van der Waals surface area (Å²) in [6.07, 6.45) is 5.16. The van der Waals surface area contributed by atoms with Crippen molar-refractivity contribution in [2.45, 2.75) is 51.6 Å². The van der Waals surface area contributed by atoms with E-state index >= 15 is 0 Å². The predicted octanol–water partition coefficient (Wildman–Crippen LogP) is 1.10. The predicted molar refractivity (Wildman–Crippen MR) is 74.9 cm³/mol. The third-order valence-electron chi connectivity index (χ3n) is 4.45. The van der Waals surface area contributed by atoms with Gasteiger partial charge in [0.25, 0.3) is 10.2 Å². The fourth-order valence-electron chi connectivity index (χ4n) is 2.89. The lowest BCUT2D eigenvalue weighted by Crippen LogP contribution is -2.46. The Morgan fingerprint density at radius 2 is 1.68 bits per heavy atom. The maximum Gasteiger partial charge on any atom is 0.279 e. The van der Waals surface area contributed by atoms with Gasteiger partial charge < -0.3 is 5.11 Å². The van der Waals surface area contributed by atoms with Gasteiger partial charge in [-0.15, -0.1) is 0 Å². The molecule has 2 fully saturated rings. The zero-order valence-electron chi connectivity index (χ0n) is 11.7. The molecule has 6 heteroatoms. The van der Waals surface area contributed by atoms with Crippen LogP contribution in [0.4, 0.5) is 0 Å². The Morgan fingerprint density at radius 1 is 1.11 bits per heavy atom. The van der Waals surface area contributed by atoms with E-state index in [0.29, 0.717) is 31.5 Å². The summed E-state index contributed by atoms with van der Waals surface area (Å²) in [6.45, 7) is 3.96. The largest absolute Gasteiger partial charge is 0.393 e. The summed E-state index contributed by atoms with van der Waals surface area (Å²) in [4.78, 5) is 0. The van der Waals surface area contributed by atoms with E-state index in [0.717, 1.165) is 38.5 Å². The lowest BCUT2D eigenvalue weighted by molar-refractivity contribution is 0.109. The first kappa shape index (κ1) is 15.2. The molecule has 0 aromatic carbocycles. The summed E-state index contributed by atoms with van der Waals surface area (Å²) in [7, 11) is -3.30. The van der Waals surface area contributed by atoms with Crippen LogP contribution in [0.2, 0.25) is 0 Å². The molecular formula is C13H26N2O3S. The molecule has 0 atom stereocenters. The molecule has 0 aromatic rings. The Bertz CT molecular complexity index is 369. The maximum absolute atomic E-state index is 12.2. The van der Waals surface area contributed by atoms with Gasteiger partial charge in [-0.2, -0.15) is 12.7 Å². The molecule has 0 spiro atoms. The van der Waals surface area contributed by atoms with E-state index in [1.54, 1.807) is 4.31 Å².